The summed E-state index contributed by atoms with van der Waals surface area (Å²) in [7, 11) is 1.49. The van der Waals surface area contributed by atoms with Gasteiger partial charge in [-0.15, -0.1) is 0 Å². The highest BCUT2D eigenvalue weighted by Gasteiger charge is 2.11. The molecule has 0 aliphatic heterocycles. The number of aliphatic hydroxyl groups excluding tert-OH is 2. The van der Waals surface area contributed by atoms with Crippen molar-refractivity contribution in [2.75, 3.05) is 7.11 Å². The van der Waals surface area contributed by atoms with Crippen molar-refractivity contribution in [3.63, 3.8) is 0 Å². The monoisotopic (exact) mass is 142 g/mol. The molecule has 10 heavy (non-hydrogen) atoms. The van der Waals surface area contributed by atoms with E-state index in [9.17, 15) is 0 Å². The Hall–Kier alpha value is -0.960. The molecule has 3 nitrogen and oxygen atoms in total. The minimum Gasteiger partial charge on any atom is -0.512 e. The van der Waals surface area contributed by atoms with Crippen LogP contribution in [0.15, 0.2) is 23.7 Å². The van der Waals surface area contributed by atoms with Gasteiger partial charge in [0.15, 0.2) is 0 Å². The molecule has 0 amide bonds. The molecule has 0 fully saturated rings. The molecule has 0 spiro atoms. The third-order valence-electron chi connectivity index (χ3n) is 1.32. The number of rotatable bonds is 1. The molecule has 0 saturated carbocycles. The van der Waals surface area contributed by atoms with Crippen molar-refractivity contribution < 1.29 is 14.9 Å². The van der Waals surface area contributed by atoms with Gasteiger partial charge in [0.1, 0.15) is 5.76 Å². The van der Waals surface area contributed by atoms with Gasteiger partial charge in [-0.3, -0.25) is 0 Å². The van der Waals surface area contributed by atoms with Crippen LogP contribution < -0.4 is 0 Å². The molecule has 0 aromatic rings. The summed E-state index contributed by atoms with van der Waals surface area (Å²) >= 11 is 0. The Kier molecular flexibility index (Phi) is 1.97. The Morgan fingerprint density at radius 2 is 2.40 bits per heavy atom. The maximum atomic E-state index is 9.02. The second-order valence-corrected chi connectivity index (χ2v) is 2.18. The topological polar surface area (TPSA) is 49.7 Å². The Labute approximate surface area is 59.2 Å². The van der Waals surface area contributed by atoms with E-state index in [0.717, 1.165) is 0 Å². The van der Waals surface area contributed by atoms with E-state index in [1.165, 1.54) is 13.2 Å². The van der Waals surface area contributed by atoms with Crippen molar-refractivity contribution in [1.29, 1.82) is 0 Å². The molecule has 0 radical (unpaired) electrons. The van der Waals surface area contributed by atoms with Crippen LogP contribution in [0.3, 0.4) is 0 Å². The van der Waals surface area contributed by atoms with Crippen LogP contribution in [0.5, 0.6) is 0 Å². The lowest BCUT2D eigenvalue weighted by atomic mass is 10.1. The van der Waals surface area contributed by atoms with Crippen molar-refractivity contribution in [2.24, 2.45) is 0 Å². The molecule has 56 valence electrons. The predicted molar refractivity (Wildman–Crippen MR) is 36.4 cm³/mol. The second kappa shape index (κ2) is 2.75. The molecular weight excluding hydrogens is 132 g/mol. The summed E-state index contributed by atoms with van der Waals surface area (Å²) in [6.07, 6.45) is 2.72. The number of methoxy groups -OCH3 is 1. The fourth-order valence-electron chi connectivity index (χ4n) is 0.861. The summed E-state index contributed by atoms with van der Waals surface area (Å²) in [5.41, 5.74) is 0. The van der Waals surface area contributed by atoms with E-state index in [0.29, 0.717) is 5.76 Å². The van der Waals surface area contributed by atoms with Crippen LogP contribution in [0, 0.1) is 0 Å². The van der Waals surface area contributed by atoms with E-state index in [4.69, 9.17) is 14.9 Å². The van der Waals surface area contributed by atoms with Gasteiger partial charge in [0, 0.05) is 12.5 Å². The summed E-state index contributed by atoms with van der Waals surface area (Å²) in [6.45, 7) is 0. The first kappa shape index (κ1) is 7.15. The number of hydrogen-bond donors (Lipinski definition) is 2. The van der Waals surface area contributed by atoms with Gasteiger partial charge in [-0.05, 0) is 6.08 Å². The van der Waals surface area contributed by atoms with E-state index in [-0.39, 0.29) is 12.2 Å². The van der Waals surface area contributed by atoms with Crippen LogP contribution in [-0.4, -0.2) is 23.4 Å². The van der Waals surface area contributed by atoms with Gasteiger partial charge in [-0.2, -0.15) is 0 Å². The summed E-state index contributed by atoms with van der Waals surface area (Å²) < 4.78 is 4.80. The zero-order chi connectivity index (χ0) is 7.56. The summed E-state index contributed by atoms with van der Waals surface area (Å²) in [6, 6.07) is 0. The van der Waals surface area contributed by atoms with Gasteiger partial charge in [-0.1, -0.05) is 0 Å². The molecule has 0 heterocycles. The van der Waals surface area contributed by atoms with Crippen molar-refractivity contribution in [3.05, 3.63) is 23.7 Å². The molecule has 0 saturated heterocycles. The largest absolute Gasteiger partial charge is 0.512 e. The molecule has 3 heteroatoms. The van der Waals surface area contributed by atoms with Gasteiger partial charge < -0.3 is 14.9 Å². The first-order valence-corrected chi connectivity index (χ1v) is 3.06. The molecule has 1 unspecified atom stereocenters. The lowest BCUT2D eigenvalue weighted by molar-refractivity contribution is 0.185. The molecule has 0 aromatic carbocycles. The first-order valence-electron chi connectivity index (χ1n) is 3.06. The van der Waals surface area contributed by atoms with E-state index < -0.39 is 6.10 Å². The molecule has 0 bridgehead atoms. The Bertz CT molecular complexity index is 181. The van der Waals surface area contributed by atoms with Crippen molar-refractivity contribution in [3.8, 4) is 0 Å². The molecule has 1 aliphatic carbocycles. The van der Waals surface area contributed by atoms with Gasteiger partial charge in [0.2, 0.25) is 0 Å². The highest BCUT2D eigenvalue weighted by Crippen LogP contribution is 2.15. The standard InChI is InChI=1S/C7H10O3/c1-10-7-3-5(8)2-6(9)4-7/h3-5,8-9H,2H2,1H3. The van der Waals surface area contributed by atoms with Crippen LogP contribution in [-0.2, 0) is 4.74 Å². The van der Waals surface area contributed by atoms with E-state index >= 15 is 0 Å². The van der Waals surface area contributed by atoms with Crippen LogP contribution in [0.2, 0.25) is 0 Å². The van der Waals surface area contributed by atoms with Crippen LogP contribution in [0.25, 0.3) is 0 Å². The van der Waals surface area contributed by atoms with E-state index in [1.807, 2.05) is 0 Å². The maximum Gasteiger partial charge on any atom is 0.120 e. The van der Waals surface area contributed by atoms with E-state index in [1.54, 1.807) is 6.08 Å². The molecular formula is C7H10O3. The average molecular weight is 142 g/mol. The molecule has 0 aromatic heterocycles. The third-order valence-corrected chi connectivity index (χ3v) is 1.32. The molecule has 1 aliphatic rings. The van der Waals surface area contributed by atoms with Crippen molar-refractivity contribution in [2.45, 2.75) is 12.5 Å². The van der Waals surface area contributed by atoms with Gasteiger partial charge in [0.05, 0.1) is 19.0 Å². The molecule has 1 rings (SSSR count). The third kappa shape index (κ3) is 1.51. The summed E-state index contributed by atoms with van der Waals surface area (Å²) in [5.74, 6) is 0.670. The lowest BCUT2D eigenvalue weighted by Crippen LogP contribution is -2.09. The number of aliphatic hydroxyl groups is 2. The zero-order valence-electron chi connectivity index (χ0n) is 5.74. The van der Waals surface area contributed by atoms with Gasteiger partial charge in [0.25, 0.3) is 0 Å². The van der Waals surface area contributed by atoms with Gasteiger partial charge in [-0.25, -0.2) is 0 Å². The lowest BCUT2D eigenvalue weighted by Gasteiger charge is -2.12. The number of hydrogen-bond acceptors (Lipinski definition) is 3. The van der Waals surface area contributed by atoms with Crippen molar-refractivity contribution in [1.82, 2.24) is 0 Å². The van der Waals surface area contributed by atoms with Crippen molar-refractivity contribution >= 4 is 0 Å². The minimum absolute atomic E-state index is 0.159. The highest BCUT2D eigenvalue weighted by molar-refractivity contribution is 5.21. The predicted octanol–water partition coefficient (Wildman–Crippen LogP) is 0.723. The second-order valence-electron chi connectivity index (χ2n) is 2.18. The fraction of sp³-hybridized carbons (Fsp3) is 0.429. The summed E-state index contributed by atoms with van der Waals surface area (Å²) in [4.78, 5) is 0. The molecule has 2 N–H and O–H groups in total. The fourth-order valence-corrected chi connectivity index (χ4v) is 0.861. The van der Waals surface area contributed by atoms with Crippen LogP contribution in [0.1, 0.15) is 6.42 Å². The maximum absolute atomic E-state index is 9.02. The number of allylic oxidation sites excluding steroid dienone is 1. The Morgan fingerprint density at radius 3 is 2.90 bits per heavy atom. The zero-order valence-corrected chi connectivity index (χ0v) is 5.74. The highest BCUT2D eigenvalue weighted by atomic mass is 16.5. The van der Waals surface area contributed by atoms with E-state index in [2.05, 4.69) is 0 Å². The normalized spacial score (nSPS) is 25.2. The minimum atomic E-state index is -0.611. The smallest absolute Gasteiger partial charge is 0.120 e. The molecule has 1 atom stereocenters. The SMILES string of the molecule is COC1=CC(O)CC(O)=C1. The summed E-state index contributed by atoms with van der Waals surface area (Å²) in [5, 5.41) is 18.0. The average Bonchev–Trinajstić information content (AvgIpc) is 1.85. The number of ether oxygens (including phenoxy) is 1. The quantitative estimate of drug-likeness (QED) is 0.567. The first-order chi connectivity index (χ1) is 4.72. The Balaban J connectivity index is 2.72. The van der Waals surface area contributed by atoms with Gasteiger partial charge >= 0.3 is 0 Å². The van der Waals surface area contributed by atoms with Crippen LogP contribution in [0.4, 0.5) is 0 Å². The Morgan fingerprint density at radius 1 is 1.70 bits per heavy atom. The van der Waals surface area contributed by atoms with Crippen LogP contribution >= 0.6 is 0 Å².